The molecule has 0 aromatic heterocycles. The van der Waals surface area contributed by atoms with Gasteiger partial charge in [0.1, 0.15) is 0 Å². The van der Waals surface area contributed by atoms with Crippen molar-refractivity contribution in [2.24, 2.45) is 0 Å². The fraction of sp³-hybridized carbons (Fsp3) is 0.381. The molecule has 0 saturated heterocycles. The van der Waals surface area contributed by atoms with E-state index in [0.717, 1.165) is 39.5 Å². The maximum Gasteiger partial charge on any atom is 0.228 e. The number of hydrogen-bond donors (Lipinski definition) is 2. The van der Waals surface area contributed by atoms with E-state index < -0.39 is 0 Å². The molecule has 4 rings (SSSR count). The van der Waals surface area contributed by atoms with Gasteiger partial charge in [0.15, 0.2) is 0 Å². The Morgan fingerprint density at radius 3 is 2.72 bits per heavy atom. The van der Waals surface area contributed by atoms with Crippen molar-refractivity contribution >= 4 is 28.9 Å². The topological polar surface area (TPSA) is 41.1 Å². The molecule has 2 aliphatic heterocycles. The molecular weight excluding hydrogens is 332 g/mol. The van der Waals surface area contributed by atoms with Crippen LogP contribution in [0.5, 0.6) is 0 Å². The molecule has 2 aromatic carbocycles. The molecule has 2 N–H and O–H groups in total. The highest BCUT2D eigenvalue weighted by Gasteiger charge is 2.33. The summed E-state index contributed by atoms with van der Waals surface area (Å²) in [5.41, 5.74) is 7.57. The predicted molar refractivity (Wildman–Crippen MR) is 105 cm³/mol. The van der Waals surface area contributed by atoms with E-state index in [1.54, 1.807) is 0 Å². The third kappa shape index (κ3) is 2.62. The Bertz CT molecular complexity index is 901. The molecule has 0 aliphatic carbocycles. The summed E-state index contributed by atoms with van der Waals surface area (Å²) >= 11 is 6.91. The number of benzene rings is 2. The second kappa shape index (κ2) is 5.50. The number of fused-ring (bicyclic) bond motifs is 2. The molecule has 0 radical (unpaired) electrons. The van der Waals surface area contributed by atoms with Crippen LogP contribution in [0.2, 0.25) is 5.02 Å². The molecule has 1 atom stereocenters. The first kappa shape index (κ1) is 16.5. The van der Waals surface area contributed by atoms with Gasteiger partial charge in [-0.15, -0.1) is 0 Å². The minimum absolute atomic E-state index is 0.0463. The maximum absolute atomic E-state index is 11.8. The smallest absolute Gasteiger partial charge is 0.228 e. The van der Waals surface area contributed by atoms with Crippen molar-refractivity contribution in [2.75, 3.05) is 10.6 Å². The molecule has 0 fully saturated rings. The average Bonchev–Trinajstić information content (AvgIpc) is 2.89. The Labute approximate surface area is 153 Å². The lowest BCUT2D eigenvalue weighted by molar-refractivity contribution is -0.115. The highest BCUT2D eigenvalue weighted by Crippen LogP contribution is 2.49. The van der Waals surface area contributed by atoms with Crippen LogP contribution in [0.15, 0.2) is 24.3 Å². The van der Waals surface area contributed by atoms with E-state index in [-0.39, 0.29) is 11.4 Å². The molecule has 0 spiro atoms. The van der Waals surface area contributed by atoms with Crippen LogP contribution in [0.3, 0.4) is 0 Å². The number of aryl methyl sites for hydroxylation is 1. The zero-order chi connectivity index (χ0) is 17.9. The fourth-order valence-electron chi connectivity index (χ4n) is 4.38. The first-order valence-electron chi connectivity index (χ1n) is 8.80. The van der Waals surface area contributed by atoms with Gasteiger partial charge in [0.25, 0.3) is 0 Å². The summed E-state index contributed by atoms with van der Waals surface area (Å²) in [6.07, 6.45) is 1.48. The molecule has 130 valence electrons. The first-order chi connectivity index (χ1) is 11.8. The summed E-state index contributed by atoms with van der Waals surface area (Å²) in [7, 11) is 0. The molecule has 1 unspecified atom stereocenters. The second-order valence-electron chi connectivity index (χ2n) is 8.02. The second-order valence-corrected chi connectivity index (χ2v) is 8.40. The minimum atomic E-state index is 0.0463. The Kier molecular flexibility index (Phi) is 3.62. The average molecular weight is 355 g/mol. The number of hydrogen-bond acceptors (Lipinski definition) is 2. The van der Waals surface area contributed by atoms with Crippen LogP contribution in [-0.2, 0) is 11.2 Å². The number of halogens is 1. The van der Waals surface area contributed by atoms with Gasteiger partial charge in [0.05, 0.1) is 17.1 Å². The highest BCUT2D eigenvalue weighted by molar-refractivity contribution is 6.35. The van der Waals surface area contributed by atoms with E-state index in [0.29, 0.717) is 12.3 Å². The van der Waals surface area contributed by atoms with E-state index >= 15 is 0 Å². The van der Waals surface area contributed by atoms with Crippen molar-refractivity contribution in [1.82, 2.24) is 0 Å². The van der Waals surface area contributed by atoms with E-state index in [1.807, 2.05) is 18.2 Å². The molecule has 2 aromatic rings. The number of amides is 1. The molecule has 0 bridgehead atoms. The van der Waals surface area contributed by atoms with Crippen LogP contribution >= 0.6 is 11.6 Å². The van der Waals surface area contributed by atoms with Gasteiger partial charge in [-0.25, -0.2) is 0 Å². The Balaban J connectivity index is 1.93. The molecule has 25 heavy (non-hydrogen) atoms. The zero-order valence-electron chi connectivity index (χ0n) is 15.1. The maximum atomic E-state index is 11.8. The Morgan fingerprint density at radius 1 is 1.20 bits per heavy atom. The van der Waals surface area contributed by atoms with Crippen molar-refractivity contribution in [2.45, 2.75) is 52.0 Å². The van der Waals surface area contributed by atoms with Crippen LogP contribution in [0.1, 0.15) is 49.8 Å². The lowest BCUT2D eigenvalue weighted by Crippen LogP contribution is -2.37. The minimum Gasteiger partial charge on any atom is -0.380 e. The molecule has 1 amide bonds. The molecule has 2 heterocycles. The van der Waals surface area contributed by atoms with Crippen LogP contribution in [0, 0.1) is 6.92 Å². The van der Waals surface area contributed by atoms with E-state index in [1.165, 1.54) is 11.1 Å². The van der Waals surface area contributed by atoms with Crippen LogP contribution in [-0.4, -0.2) is 11.4 Å². The van der Waals surface area contributed by atoms with Gasteiger partial charge < -0.3 is 10.6 Å². The number of carbonyl (C=O) groups is 1. The number of carbonyl (C=O) groups excluding carboxylic acids is 1. The van der Waals surface area contributed by atoms with Crippen molar-refractivity contribution in [1.29, 1.82) is 0 Å². The van der Waals surface area contributed by atoms with E-state index in [9.17, 15) is 4.79 Å². The summed E-state index contributed by atoms with van der Waals surface area (Å²) in [4.78, 5) is 11.8. The van der Waals surface area contributed by atoms with E-state index in [2.05, 4.69) is 44.4 Å². The molecule has 0 saturated carbocycles. The van der Waals surface area contributed by atoms with E-state index in [4.69, 9.17) is 11.6 Å². The van der Waals surface area contributed by atoms with Crippen LogP contribution in [0.4, 0.5) is 11.4 Å². The quantitative estimate of drug-likeness (QED) is 0.709. The number of anilines is 2. The Morgan fingerprint density at radius 2 is 1.96 bits per heavy atom. The third-order valence-corrected chi connectivity index (χ3v) is 5.73. The summed E-state index contributed by atoms with van der Waals surface area (Å²) in [5.74, 6) is 0.425. The van der Waals surface area contributed by atoms with Crippen molar-refractivity contribution in [3.8, 4) is 11.1 Å². The number of nitrogens with one attached hydrogen (secondary N) is 2. The zero-order valence-corrected chi connectivity index (χ0v) is 15.8. The summed E-state index contributed by atoms with van der Waals surface area (Å²) in [5, 5.41) is 7.46. The predicted octanol–water partition coefficient (Wildman–Crippen LogP) is 5.51. The first-order valence-corrected chi connectivity index (χ1v) is 9.18. The molecule has 2 aliphatic rings. The summed E-state index contributed by atoms with van der Waals surface area (Å²) < 4.78 is 0. The summed E-state index contributed by atoms with van der Waals surface area (Å²) in [6.45, 7) is 8.83. The van der Waals surface area contributed by atoms with Crippen LogP contribution in [0.25, 0.3) is 11.1 Å². The van der Waals surface area contributed by atoms with Gasteiger partial charge in [-0.3, -0.25) is 4.79 Å². The molecular formula is C21H23ClN2O. The van der Waals surface area contributed by atoms with Crippen molar-refractivity contribution in [3.05, 3.63) is 46.0 Å². The van der Waals surface area contributed by atoms with Gasteiger partial charge in [-0.1, -0.05) is 36.7 Å². The van der Waals surface area contributed by atoms with Crippen LogP contribution < -0.4 is 10.6 Å². The summed E-state index contributed by atoms with van der Waals surface area (Å²) in [6, 6.07) is 8.19. The monoisotopic (exact) mass is 354 g/mol. The Hall–Kier alpha value is -2.00. The lowest BCUT2D eigenvalue weighted by Gasteiger charge is -2.39. The van der Waals surface area contributed by atoms with Gasteiger partial charge in [-0.05, 0) is 55.9 Å². The largest absolute Gasteiger partial charge is 0.380 e. The van der Waals surface area contributed by atoms with Crippen molar-refractivity contribution in [3.63, 3.8) is 0 Å². The van der Waals surface area contributed by atoms with Gasteiger partial charge in [0.2, 0.25) is 5.91 Å². The number of para-hydroxylation sites is 1. The third-order valence-electron chi connectivity index (χ3n) is 5.33. The SMILES string of the molecule is Cc1cc(-c2cccc3c2NC(=O)C3)c(Cl)c2c1NC(C)(C)CC2C. The number of rotatable bonds is 1. The van der Waals surface area contributed by atoms with Crippen molar-refractivity contribution < 1.29 is 4.79 Å². The standard InChI is InChI=1S/C21H23ClN2O/c1-11-8-15(14-7-5-6-13-9-16(25)23-20(13)14)18(22)17-12(2)10-21(3,4)24-19(11)17/h5-8,12,24H,9-10H2,1-4H3,(H,23,25). The lowest BCUT2D eigenvalue weighted by atomic mass is 9.79. The molecule has 3 nitrogen and oxygen atoms in total. The highest BCUT2D eigenvalue weighted by atomic mass is 35.5. The fourth-order valence-corrected chi connectivity index (χ4v) is 4.81. The normalized spacial score (nSPS) is 20.5. The van der Waals surface area contributed by atoms with Gasteiger partial charge >= 0.3 is 0 Å². The van der Waals surface area contributed by atoms with Gasteiger partial charge in [0, 0.05) is 22.4 Å². The van der Waals surface area contributed by atoms with Gasteiger partial charge in [-0.2, -0.15) is 0 Å². The molecule has 4 heteroatoms.